The van der Waals surface area contributed by atoms with Crippen molar-refractivity contribution in [3.8, 4) is 11.5 Å². The number of rotatable bonds is 0. The molecular formula is C11H18O2Si. The third-order valence-electron chi connectivity index (χ3n) is 2.11. The van der Waals surface area contributed by atoms with Crippen molar-refractivity contribution >= 4 is 14.0 Å². The van der Waals surface area contributed by atoms with Crippen LogP contribution in [0.15, 0.2) is 0 Å². The Balaban J connectivity index is 2.67. The maximum atomic E-state index is 11.4. The van der Waals surface area contributed by atoms with Gasteiger partial charge in [0, 0.05) is 6.42 Å². The van der Waals surface area contributed by atoms with Gasteiger partial charge < -0.3 is 4.74 Å². The Morgan fingerprint density at radius 2 is 2.00 bits per heavy atom. The van der Waals surface area contributed by atoms with Crippen LogP contribution in [0.1, 0.15) is 20.3 Å². The molecule has 1 aliphatic rings. The summed E-state index contributed by atoms with van der Waals surface area (Å²) in [6, 6.07) is 0. The van der Waals surface area contributed by atoms with E-state index in [1.54, 1.807) is 0 Å². The minimum absolute atomic E-state index is 0.118. The first-order chi connectivity index (χ1) is 6.21. The van der Waals surface area contributed by atoms with Crippen molar-refractivity contribution in [1.82, 2.24) is 0 Å². The summed E-state index contributed by atoms with van der Waals surface area (Å²) in [6.45, 7) is 10.4. The summed E-state index contributed by atoms with van der Waals surface area (Å²) >= 11 is 0. The molecule has 1 atom stereocenters. The van der Waals surface area contributed by atoms with Crippen LogP contribution >= 0.6 is 0 Å². The second kappa shape index (κ2) is 3.43. The maximum Gasteiger partial charge on any atom is 0.312 e. The fourth-order valence-corrected chi connectivity index (χ4v) is 1.85. The van der Waals surface area contributed by atoms with Gasteiger partial charge in [0.05, 0.1) is 5.41 Å². The fraction of sp³-hybridized carbons (Fsp3) is 0.727. The first kappa shape index (κ1) is 11.3. The standard InChI is InChI=1S/C11H18O2Si/c1-11(2)8-9(13-10(11)12)6-7-14(3,4)5/h9H,8H2,1-5H3. The first-order valence-corrected chi connectivity index (χ1v) is 8.44. The summed E-state index contributed by atoms with van der Waals surface area (Å²) in [5.41, 5.74) is 2.89. The van der Waals surface area contributed by atoms with E-state index in [4.69, 9.17) is 4.74 Å². The van der Waals surface area contributed by atoms with Crippen LogP contribution in [0.3, 0.4) is 0 Å². The second-order valence-electron chi connectivity index (χ2n) is 5.50. The Morgan fingerprint density at radius 1 is 1.43 bits per heavy atom. The molecule has 0 aromatic heterocycles. The molecule has 1 saturated heterocycles. The zero-order valence-corrected chi connectivity index (χ0v) is 10.6. The molecule has 78 valence electrons. The normalized spacial score (nSPS) is 25.2. The monoisotopic (exact) mass is 210 g/mol. The smallest absolute Gasteiger partial charge is 0.312 e. The third kappa shape index (κ3) is 2.88. The van der Waals surface area contributed by atoms with Crippen LogP contribution in [0, 0.1) is 16.9 Å². The van der Waals surface area contributed by atoms with E-state index in [1.807, 2.05) is 13.8 Å². The van der Waals surface area contributed by atoms with Crippen molar-refractivity contribution in [1.29, 1.82) is 0 Å². The molecule has 0 aliphatic carbocycles. The van der Waals surface area contributed by atoms with Crippen LogP contribution in [-0.2, 0) is 9.53 Å². The molecule has 1 heterocycles. The molecular weight excluding hydrogens is 192 g/mol. The molecule has 3 heteroatoms. The maximum absolute atomic E-state index is 11.4. The van der Waals surface area contributed by atoms with E-state index in [-0.39, 0.29) is 17.5 Å². The van der Waals surface area contributed by atoms with Gasteiger partial charge in [-0.15, -0.1) is 5.54 Å². The van der Waals surface area contributed by atoms with Gasteiger partial charge in [-0.3, -0.25) is 4.79 Å². The van der Waals surface area contributed by atoms with Crippen molar-refractivity contribution in [2.75, 3.05) is 0 Å². The molecule has 0 N–H and O–H groups in total. The molecule has 0 aromatic rings. The minimum atomic E-state index is -1.35. The van der Waals surface area contributed by atoms with E-state index in [9.17, 15) is 4.79 Å². The Morgan fingerprint density at radius 3 is 2.36 bits per heavy atom. The average molecular weight is 210 g/mol. The molecule has 0 spiro atoms. The van der Waals surface area contributed by atoms with Crippen molar-refractivity contribution in [3.63, 3.8) is 0 Å². The lowest BCUT2D eigenvalue weighted by Gasteiger charge is -2.08. The average Bonchev–Trinajstić information content (AvgIpc) is 2.21. The predicted octanol–water partition coefficient (Wildman–Crippen LogP) is 2.21. The lowest BCUT2D eigenvalue weighted by molar-refractivity contribution is -0.146. The summed E-state index contributed by atoms with van der Waals surface area (Å²) in [7, 11) is -1.35. The number of esters is 1. The van der Waals surface area contributed by atoms with Gasteiger partial charge in [-0.2, -0.15) is 0 Å². The molecule has 1 fully saturated rings. The van der Waals surface area contributed by atoms with Gasteiger partial charge in [0.1, 0.15) is 8.07 Å². The van der Waals surface area contributed by atoms with E-state index < -0.39 is 8.07 Å². The molecule has 0 amide bonds. The number of cyclic esters (lactones) is 1. The largest absolute Gasteiger partial charge is 0.449 e. The van der Waals surface area contributed by atoms with Crippen LogP contribution < -0.4 is 0 Å². The van der Waals surface area contributed by atoms with Crippen LogP contribution in [0.5, 0.6) is 0 Å². The Bertz CT molecular complexity index is 301. The summed E-state index contributed by atoms with van der Waals surface area (Å²) in [6.07, 6.45) is 0.549. The van der Waals surface area contributed by atoms with Crippen LogP contribution in [-0.4, -0.2) is 20.1 Å². The highest BCUT2D eigenvalue weighted by molar-refractivity contribution is 6.83. The molecule has 0 radical (unpaired) electrons. The minimum Gasteiger partial charge on any atom is -0.449 e. The van der Waals surface area contributed by atoms with Crippen molar-refractivity contribution in [2.45, 2.75) is 46.0 Å². The van der Waals surface area contributed by atoms with Crippen molar-refractivity contribution in [3.05, 3.63) is 0 Å². The Hall–Kier alpha value is -0.753. The first-order valence-electron chi connectivity index (χ1n) is 4.94. The Labute approximate surface area is 87.0 Å². The van der Waals surface area contributed by atoms with Gasteiger partial charge in [-0.25, -0.2) is 0 Å². The molecule has 0 bridgehead atoms. The van der Waals surface area contributed by atoms with Gasteiger partial charge in [-0.1, -0.05) is 25.6 Å². The Kier molecular flexibility index (Phi) is 2.78. The quantitative estimate of drug-likeness (QED) is 0.348. The molecule has 1 unspecified atom stereocenters. The third-order valence-corrected chi connectivity index (χ3v) is 3.00. The van der Waals surface area contributed by atoms with E-state index >= 15 is 0 Å². The van der Waals surface area contributed by atoms with Gasteiger partial charge >= 0.3 is 5.97 Å². The SMILES string of the molecule is CC1(C)CC(C#C[Si](C)(C)C)OC1=O. The molecule has 1 aliphatic heterocycles. The lowest BCUT2D eigenvalue weighted by Crippen LogP contribution is -2.18. The number of carbonyl (C=O) groups excluding carboxylic acids is 1. The number of carbonyl (C=O) groups is 1. The van der Waals surface area contributed by atoms with E-state index in [0.29, 0.717) is 0 Å². The lowest BCUT2D eigenvalue weighted by atomic mass is 9.90. The van der Waals surface area contributed by atoms with Gasteiger partial charge in [-0.05, 0) is 13.8 Å². The van der Waals surface area contributed by atoms with E-state index in [2.05, 4.69) is 31.1 Å². The number of hydrogen-bond acceptors (Lipinski definition) is 2. The van der Waals surface area contributed by atoms with Gasteiger partial charge in [0.25, 0.3) is 0 Å². The predicted molar refractivity (Wildman–Crippen MR) is 59.4 cm³/mol. The summed E-state index contributed by atoms with van der Waals surface area (Å²) in [5, 5.41) is 0. The van der Waals surface area contributed by atoms with Crippen LogP contribution in [0.25, 0.3) is 0 Å². The highest BCUT2D eigenvalue weighted by atomic mass is 28.3. The molecule has 0 aromatic carbocycles. The topological polar surface area (TPSA) is 26.3 Å². The summed E-state index contributed by atoms with van der Waals surface area (Å²) < 4.78 is 5.18. The zero-order valence-electron chi connectivity index (χ0n) is 9.60. The van der Waals surface area contributed by atoms with Crippen molar-refractivity contribution in [2.24, 2.45) is 5.41 Å². The van der Waals surface area contributed by atoms with Gasteiger partial charge in [0.2, 0.25) is 0 Å². The number of hydrogen-bond donors (Lipinski definition) is 0. The molecule has 1 rings (SSSR count). The highest BCUT2D eigenvalue weighted by Gasteiger charge is 2.40. The second-order valence-corrected chi connectivity index (χ2v) is 10.3. The van der Waals surface area contributed by atoms with Crippen molar-refractivity contribution < 1.29 is 9.53 Å². The molecule has 0 saturated carbocycles. The fourth-order valence-electron chi connectivity index (χ4n) is 1.25. The van der Waals surface area contributed by atoms with Crippen LogP contribution in [0.4, 0.5) is 0 Å². The summed E-state index contributed by atoms with van der Waals surface area (Å²) in [5.74, 6) is 2.96. The van der Waals surface area contributed by atoms with Crippen LogP contribution in [0.2, 0.25) is 19.6 Å². The van der Waals surface area contributed by atoms with E-state index in [1.165, 1.54) is 0 Å². The summed E-state index contributed by atoms with van der Waals surface area (Å²) in [4.78, 5) is 11.4. The highest BCUT2D eigenvalue weighted by Crippen LogP contribution is 2.32. The molecule has 14 heavy (non-hydrogen) atoms. The van der Waals surface area contributed by atoms with Gasteiger partial charge in [0.15, 0.2) is 6.10 Å². The molecule has 2 nitrogen and oxygen atoms in total. The zero-order chi connectivity index (χ0) is 11.0. The number of ether oxygens (including phenoxy) is 1. The van der Waals surface area contributed by atoms with E-state index in [0.717, 1.165) is 6.42 Å².